The summed E-state index contributed by atoms with van der Waals surface area (Å²) < 4.78 is 35.9. The zero-order chi connectivity index (χ0) is 28.8. The lowest BCUT2D eigenvalue weighted by atomic mass is 9.98. The highest BCUT2D eigenvalue weighted by Gasteiger charge is 2.37. The predicted molar refractivity (Wildman–Crippen MR) is 159 cm³/mol. The summed E-state index contributed by atoms with van der Waals surface area (Å²) in [5.74, 6) is -0.641. The number of aliphatic imine (C=N–C) groups is 1. The molecule has 40 heavy (non-hydrogen) atoms. The lowest BCUT2D eigenvalue weighted by molar-refractivity contribution is -0.157. The van der Waals surface area contributed by atoms with Crippen LogP contribution in [0, 0.1) is 6.92 Å². The molecule has 0 bridgehead atoms. The Hall–Kier alpha value is -4.07. The monoisotopic (exact) mass is 554 g/mol. The SMILES string of the molecule is Cc1ccc(S(=O)(=O)N[C@H](c2ccccc2)[C@H](N=C(c2ccccc2)c2ccccc2)C(=O)OC(C)(C)C)cc1. The van der Waals surface area contributed by atoms with Crippen LogP contribution in [0.4, 0.5) is 0 Å². The minimum absolute atomic E-state index is 0.0947. The first kappa shape index (κ1) is 28.9. The Bertz CT molecular complexity index is 1500. The van der Waals surface area contributed by atoms with Crippen LogP contribution in [-0.4, -0.2) is 31.7 Å². The van der Waals surface area contributed by atoms with Crippen LogP contribution in [0.3, 0.4) is 0 Å². The molecule has 0 aliphatic rings. The predicted octanol–water partition coefficient (Wildman–Crippen LogP) is 6.26. The van der Waals surface area contributed by atoms with Gasteiger partial charge in [-0.3, -0.25) is 4.99 Å². The quantitative estimate of drug-likeness (QED) is 0.195. The third kappa shape index (κ3) is 7.52. The average molecular weight is 555 g/mol. The Morgan fingerprint density at radius 2 is 1.23 bits per heavy atom. The van der Waals surface area contributed by atoms with E-state index >= 15 is 0 Å². The third-order valence-electron chi connectivity index (χ3n) is 6.10. The van der Waals surface area contributed by atoms with Crippen molar-refractivity contribution in [3.05, 3.63) is 138 Å². The summed E-state index contributed by atoms with van der Waals surface area (Å²) in [7, 11) is -4.04. The molecule has 0 radical (unpaired) electrons. The summed E-state index contributed by atoms with van der Waals surface area (Å²) in [6.45, 7) is 7.21. The van der Waals surface area contributed by atoms with Crippen LogP contribution in [0.15, 0.2) is 125 Å². The maximum atomic E-state index is 13.9. The average Bonchev–Trinajstić information content (AvgIpc) is 2.93. The van der Waals surface area contributed by atoms with E-state index in [2.05, 4.69) is 4.72 Å². The van der Waals surface area contributed by atoms with E-state index in [1.165, 1.54) is 0 Å². The van der Waals surface area contributed by atoms with Crippen molar-refractivity contribution < 1.29 is 17.9 Å². The molecule has 0 aromatic heterocycles. The van der Waals surface area contributed by atoms with E-state index in [0.29, 0.717) is 11.3 Å². The molecule has 0 fully saturated rings. The van der Waals surface area contributed by atoms with Gasteiger partial charge in [0.1, 0.15) is 5.60 Å². The standard InChI is InChI=1S/C33H34N2O4S/c1-24-20-22-28(23-21-24)40(37,38)35-30(27-18-12-7-13-19-27)31(32(36)39-33(2,3)4)34-29(25-14-8-5-9-15-25)26-16-10-6-11-17-26/h5-23,30-31,35H,1-4H3/t30-,31+/m1/s1. The molecule has 6 nitrogen and oxygen atoms in total. The van der Waals surface area contributed by atoms with E-state index in [1.807, 2.05) is 73.7 Å². The number of nitrogens with one attached hydrogen (secondary N) is 1. The molecule has 2 atom stereocenters. The smallest absolute Gasteiger partial charge is 0.333 e. The van der Waals surface area contributed by atoms with Gasteiger partial charge < -0.3 is 4.74 Å². The number of carbonyl (C=O) groups is 1. The van der Waals surface area contributed by atoms with Gasteiger partial charge in [0.15, 0.2) is 6.04 Å². The molecule has 1 N–H and O–H groups in total. The van der Waals surface area contributed by atoms with Gasteiger partial charge in [0, 0.05) is 11.1 Å². The molecular formula is C33H34N2O4S. The van der Waals surface area contributed by atoms with Crippen LogP contribution < -0.4 is 4.72 Å². The lowest BCUT2D eigenvalue weighted by Gasteiger charge is -2.28. The van der Waals surface area contributed by atoms with Gasteiger partial charge in [0.25, 0.3) is 0 Å². The van der Waals surface area contributed by atoms with Crippen LogP contribution in [0.5, 0.6) is 0 Å². The summed E-state index contributed by atoms with van der Waals surface area (Å²) in [5, 5.41) is 0. The van der Waals surface area contributed by atoms with Crippen LogP contribution in [0.1, 0.15) is 49.1 Å². The minimum atomic E-state index is -4.04. The van der Waals surface area contributed by atoms with Gasteiger partial charge in [-0.15, -0.1) is 0 Å². The number of ether oxygens (including phenoxy) is 1. The molecule has 4 aromatic carbocycles. The van der Waals surface area contributed by atoms with E-state index in [-0.39, 0.29) is 4.90 Å². The number of nitrogens with zero attached hydrogens (tertiary/aromatic N) is 1. The molecule has 0 amide bonds. The fourth-order valence-corrected chi connectivity index (χ4v) is 5.43. The van der Waals surface area contributed by atoms with Crippen molar-refractivity contribution in [2.24, 2.45) is 4.99 Å². The Kier molecular flexibility index (Phi) is 8.97. The summed E-state index contributed by atoms with van der Waals surface area (Å²) in [6.07, 6.45) is 0. The second kappa shape index (κ2) is 12.4. The number of hydrogen-bond donors (Lipinski definition) is 1. The first-order chi connectivity index (χ1) is 19.0. The molecule has 0 aliphatic carbocycles. The Balaban J connectivity index is 1.92. The highest BCUT2D eigenvalue weighted by atomic mass is 32.2. The van der Waals surface area contributed by atoms with Crippen molar-refractivity contribution in [1.29, 1.82) is 0 Å². The Labute approximate surface area is 236 Å². The highest BCUT2D eigenvalue weighted by Crippen LogP contribution is 2.27. The van der Waals surface area contributed by atoms with Crippen molar-refractivity contribution in [2.45, 2.75) is 50.3 Å². The van der Waals surface area contributed by atoms with Crippen LogP contribution >= 0.6 is 0 Å². The summed E-state index contributed by atoms with van der Waals surface area (Å²) in [4.78, 5) is 19.0. The topological polar surface area (TPSA) is 84.8 Å². The van der Waals surface area contributed by atoms with Crippen LogP contribution in [0.2, 0.25) is 0 Å². The molecule has 7 heteroatoms. The molecule has 4 rings (SSSR count). The van der Waals surface area contributed by atoms with E-state index in [4.69, 9.17) is 9.73 Å². The van der Waals surface area contributed by atoms with E-state index in [0.717, 1.165) is 16.7 Å². The van der Waals surface area contributed by atoms with Crippen LogP contribution in [-0.2, 0) is 19.6 Å². The second-order valence-corrected chi connectivity index (χ2v) is 12.2. The largest absolute Gasteiger partial charge is 0.458 e. The van der Waals surface area contributed by atoms with Gasteiger partial charge in [0.2, 0.25) is 10.0 Å². The first-order valence-electron chi connectivity index (χ1n) is 13.1. The van der Waals surface area contributed by atoms with Crippen LogP contribution in [0.25, 0.3) is 0 Å². The highest BCUT2D eigenvalue weighted by molar-refractivity contribution is 7.89. The van der Waals surface area contributed by atoms with Crippen molar-refractivity contribution >= 4 is 21.7 Å². The van der Waals surface area contributed by atoms with Gasteiger partial charge in [0.05, 0.1) is 16.6 Å². The molecule has 0 aliphatic heterocycles. The number of aryl methyl sites for hydroxylation is 1. The van der Waals surface area contributed by atoms with Gasteiger partial charge in [-0.1, -0.05) is 109 Å². The number of hydrogen-bond acceptors (Lipinski definition) is 5. The minimum Gasteiger partial charge on any atom is -0.458 e. The normalized spacial score (nSPS) is 13.2. The molecule has 0 saturated carbocycles. The summed E-state index contributed by atoms with van der Waals surface area (Å²) in [5.41, 5.74) is 2.82. The zero-order valence-electron chi connectivity index (χ0n) is 23.1. The number of benzene rings is 4. The molecule has 0 unspecified atom stereocenters. The Morgan fingerprint density at radius 3 is 1.70 bits per heavy atom. The molecule has 0 saturated heterocycles. The number of esters is 1. The fraction of sp³-hybridized carbons (Fsp3) is 0.212. The number of carbonyl (C=O) groups excluding carboxylic acids is 1. The molecule has 0 heterocycles. The summed E-state index contributed by atoms with van der Waals surface area (Å²) >= 11 is 0. The lowest BCUT2D eigenvalue weighted by Crippen LogP contribution is -2.42. The Morgan fingerprint density at radius 1 is 0.750 bits per heavy atom. The fourth-order valence-electron chi connectivity index (χ4n) is 4.20. The summed E-state index contributed by atoms with van der Waals surface area (Å²) in [6, 6.07) is 32.3. The van der Waals surface area contributed by atoms with Crippen molar-refractivity contribution in [1.82, 2.24) is 4.72 Å². The van der Waals surface area contributed by atoms with E-state index in [1.54, 1.807) is 69.3 Å². The number of rotatable bonds is 9. The van der Waals surface area contributed by atoms with Gasteiger partial charge in [-0.2, -0.15) is 0 Å². The first-order valence-corrected chi connectivity index (χ1v) is 14.6. The maximum absolute atomic E-state index is 13.9. The third-order valence-corrected chi connectivity index (χ3v) is 7.56. The van der Waals surface area contributed by atoms with E-state index < -0.39 is 33.7 Å². The molecular weight excluding hydrogens is 520 g/mol. The second-order valence-electron chi connectivity index (χ2n) is 10.5. The van der Waals surface area contributed by atoms with Crippen molar-refractivity contribution in [3.8, 4) is 0 Å². The van der Waals surface area contributed by atoms with Gasteiger partial charge in [-0.05, 0) is 45.4 Å². The molecule has 0 spiro atoms. The van der Waals surface area contributed by atoms with Gasteiger partial charge in [-0.25, -0.2) is 17.9 Å². The number of sulfonamides is 1. The zero-order valence-corrected chi connectivity index (χ0v) is 23.9. The van der Waals surface area contributed by atoms with Crippen molar-refractivity contribution in [2.75, 3.05) is 0 Å². The molecule has 4 aromatic rings. The maximum Gasteiger partial charge on any atom is 0.333 e. The molecule has 206 valence electrons. The van der Waals surface area contributed by atoms with Gasteiger partial charge >= 0.3 is 5.97 Å². The van der Waals surface area contributed by atoms with E-state index in [9.17, 15) is 13.2 Å². The van der Waals surface area contributed by atoms with Crippen molar-refractivity contribution in [3.63, 3.8) is 0 Å².